The Morgan fingerprint density at radius 3 is 2.50 bits per heavy atom. The first kappa shape index (κ1) is 19.3. The Bertz CT molecular complexity index is 837. The van der Waals surface area contributed by atoms with Crippen molar-refractivity contribution < 1.29 is 24.9 Å². The summed E-state index contributed by atoms with van der Waals surface area (Å²) in [6, 6.07) is 10.4. The Kier molecular flexibility index (Phi) is 6.20. The number of phenolic OH excluding ortho intramolecular Hbond substituents is 2. The molecule has 5 nitrogen and oxygen atoms in total. The topological polar surface area (TPSA) is 87.0 Å². The lowest BCUT2D eigenvalue weighted by molar-refractivity contribution is 0.104. The summed E-state index contributed by atoms with van der Waals surface area (Å²) in [5.41, 5.74) is 1.32. The minimum absolute atomic E-state index is 0.00724. The number of aliphatic hydroxyl groups excluding tert-OH is 1. The molecule has 0 heterocycles. The fraction of sp³-hybridized carbons (Fsp3) is 0.190. The van der Waals surface area contributed by atoms with Gasteiger partial charge in [-0.3, -0.25) is 4.79 Å². The summed E-state index contributed by atoms with van der Waals surface area (Å²) in [5.74, 6) is -1.18. The number of methoxy groups -OCH3 is 1. The van der Waals surface area contributed by atoms with Crippen LogP contribution in [-0.2, 0) is 6.42 Å². The first-order valence-corrected chi connectivity index (χ1v) is 8.07. The molecule has 0 radical (unpaired) electrons. The van der Waals surface area contributed by atoms with Gasteiger partial charge in [-0.05, 0) is 18.6 Å². The smallest absolute Gasteiger partial charge is 0.193 e. The number of hydrogen-bond donors (Lipinski definition) is 3. The van der Waals surface area contributed by atoms with Crippen molar-refractivity contribution in [3.8, 4) is 17.2 Å². The number of ketones is 1. The minimum Gasteiger partial charge on any atom is -0.507 e. The van der Waals surface area contributed by atoms with Crippen molar-refractivity contribution in [3.63, 3.8) is 0 Å². The van der Waals surface area contributed by atoms with Crippen molar-refractivity contribution in [2.24, 2.45) is 0 Å². The van der Waals surface area contributed by atoms with Crippen LogP contribution in [-0.4, -0.2) is 34.3 Å². The highest BCUT2D eigenvalue weighted by Gasteiger charge is 2.23. The van der Waals surface area contributed by atoms with Gasteiger partial charge in [0.25, 0.3) is 0 Å². The fourth-order valence-corrected chi connectivity index (χ4v) is 2.48. The van der Waals surface area contributed by atoms with Crippen LogP contribution >= 0.6 is 0 Å². The second-order valence-corrected chi connectivity index (χ2v) is 5.97. The van der Waals surface area contributed by atoms with Crippen LogP contribution < -0.4 is 4.74 Å². The van der Waals surface area contributed by atoms with E-state index in [0.717, 1.165) is 5.56 Å². The van der Waals surface area contributed by atoms with E-state index in [4.69, 9.17) is 4.74 Å². The standard InChI is InChI=1S/C21H22O5/c1-13(2)17(23)11-15-19(26-3)12-18(24)20(21(15)25)16(22)10-9-14-7-5-4-6-8-14/h4-10,12,17,23-25H,1,11H2,2-3H3/b10-9+/t17-/m1/s1. The monoisotopic (exact) mass is 354 g/mol. The molecule has 0 bridgehead atoms. The lowest BCUT2D eigenvalue weighted by atomic mass is 9.96. The molecular formula is C21H22O5. The largest absolute Gasteiger partial charge is 0.507 e. The number of hydrogen-bond acceptors (Lipinski definition) is 5. The summed E-state index contributed by atoms with van der Waals surface area (Å²) >= 11 is 0. The third-order valence-electron chi connectivity index (χ3n) is 4.00. The number of allylic oxidation sites excluding steroid dienone is 1. The van der Waals surface area contributed by atoms with E-state index in [1.807, 2.05) is 30.3 Å². The van der Waals surface area contributed by atoms with Crippen molar-refractivity contribution in [1.29, 1.82) is 0 Å². The van der Waals surface area contributed by atoms with Crippen LogP contribution in [0.15, 0.2) is 54.6 Å². The van der Waals surface area contributed by atoms with E-state index in [-0.39, 0.29) is 23.3 Å². The summed E-state index contributed by atoms with van der Waals surface area (Å²) in [5, 5.41) is 30.8. The molecule has 5 heteroatoms. The van der Waals surface area contributed by atoms with Crippen molar-refractivity contribution in [2.45, 2.75) is 19.4 Å². The van der Waals surface area contributed by atoms with E-state index < -0.39 is 23.4 Å². The van der Waals surface area contributed by atoms with Gasteiger partial charge in [-0.2, -0.15) is 0 Å². The summed E-state index contributed by atoms with van der Waals surface area (Å²) in [7, 11) is 1.38. The van der Waals surface area contributed by atoms with Crippen LogP contribution in [0.4, 0.5) is 0 Å². The lowest BCUT2D eigenvalue weighted by Crippen LogP contribution is -2.13. The van der Waals surface area contributed by atoms with E-state index in [9.17, 15) is 20.1 Å². The van der Waals surface area contributed by atoms with E-state index in [0.29, 0.717) is 5.57 Å². The van der Waals surface area contributed by atoms with Crippen molar-refractivity contribution in [2.75, 3.05) is 7.11 Å². The number of aliphatic hydroxyl groups is 1. The molecule has 2 aromatic carbocycles. The molecule has 1 atom stereocenters. The summed E-state index contributed by atoms with van der Waals surface area (Å²) in [6.45, 7) is 5.33. The average Bonchev–Trinajstić information content (AvgIpc) is 2.62. The Morgan fingerprint density at radius 1 is 1.27 bits per heavy atom. The maximum absolute atomic E-state index is 12.5. The third-order valence-corrected chi connectivity index (χ3v) is 4.00. The van der Waals surface area contributed by atoms with E-state index in [1.165, 1.54) is 19.3 Å². The highest BCUT2D eigenvalue weighted by atomic mass is 16.5. The predicted octanol–water partition coefficient (Wildman–Crippen LogP) is 3.48. The van der Waals surface area contributed by atoms with Crippen molar-refractivity contribution in [1.82, 2.24) is 0 Å². The number of phenols is 2. The zero-order chi connectivity index (χ0) is 19.3. The molecule has 0 aromatic heterocycles. The molecule has 0 amide bonds. The lowest BCUT2D eigenvalue weighted by Gasteiger charge is -2.17. The van der Waals surface area contributed by atoms with Crippen LogP contribution in [0.1, 0.15) is 28.4 Å². The summed E-state index contributed by atoms with van der Waals surface area (Å²) < 4.78 is 5.16. The number of carbonyl (C=O) groups excluding carboxylic acids is 1. The van der Waals surface area contributed by atoms with E-state index in [1.54, 1.807) is 13.0 Å². The molecule has 0 fully saturated rings. The highest BCUT2D eigenvalue weighted by molar-refractivity contribution is 6.10. The Hall–Kier alpha value is -3.05. The van der Waals surface area contributed by atoms with Crippen LogP contribution in [0.3, 0.4) is 0 Å². The van der Waals surface area contributed by atoms with E-state index >= 15 is 0 Å². The predicted molar refractivity (Wildman–Crippen MR) is 101 cm³/mol. The number of carbonyl (C=O) groups is 1. The average molecular weight is 354 g/mol. The Morgan fingerprint density at radius 2 is 1.92 bits per heavy atom. The fourth-order valence-electron chi connectivity index (χ4n) is 2.48. The molecule has 0 unspecified atom stereocenters. The molecule has 26 heavy (non-hydrogen) atoms. The van der Waals surface area contributed by atoms with Crippen LogP contribution in [0.5, 0.6) is 17.2 Å². The molecular weight excluding hydrogens is 332 g/mol. The molecule has 0 aliphatic rings. The molecule has 2 aromatic rings. The normalized spacial score (nSPS) is 12.1. The molecule has 0 aliphatic heterocycles. The van der Waals surface area contributed by atoms with Gasteiger partial charge in [0, 0.05) is 18.1 Å². The van der Waals surface area contributed by atoms with Gasteiger partial charge in [-0.15, -0.1) is 0 Å². The van der Waals surface area contributed by atoms with Gasteiger partial charge in [-0.1, -0.05) is 48.6 Å². The number of aromatic hydroxyl groups is 2. The number of benzene rings is 2. The van der Waals surface area contributed by atoms with Gasteiger partial charge in [0.05, 0.1) is 13.2 Å². The van der Waals surface area contributed by atoms with Crippen LogP contribution in [0, 0.1) is 0 Å². The SMILES string of the molecule is C=C(C)[C@H](O)Cc1c(OC)cc(O)c(C(=O)/C=C/c2ccccc2)c1O. The van der Waals surface area contributed by atoms with Gasteiger partial charge in [0.2, 0.25) is 0 Å². The van der Waals surface area contributed by atoms with Gasteiger partial charge in [-0.25, -0.2) is 0 Å². The van der Waals surface area contributed by atoms with Crippen LogP contribution in [0.25, 0.3) is 6.08 Å². The van der Waals surface area contributed by atoms with Gasteiger partial charge in [0.15, 0.2) is 5.78 Å². The second kappa shape index (κ2) is 8.36. The minimum atomic E-state index is -0.915. The maximum Gasteiger partial charge on any atom is 0.193 e. The van der Waals surface area contributed by atoms with Crippen molar-refractivity contribution >= 4 is 11.9 Å². The zero-order valence-corrected chi connectivity index (χ0v) is 14.8. The third kappa shape index (κ3) is 4.32. The molecule has 136 valence electrons. The van der Waals surface area contributed by atoms with E-state index in [2.05, 4.69) is 6.58 Å². The molecule has 0 spiro atoms. The molecule has 2 rings (SSSR count). The van der Waals surface area contributed by atoms with Gasteiger partial charge < -0.3 is 20.1 Å². The Labute approximate surface area is 152 Å². The maximum atomic E-state index is 12.5. The van der Waals surface area contributed by atoms with Gasteiger partial charge >= 0.3 is 0 Å². The molecule has 0 saturated heterocycles. The quantitative estimate of drug-likeness (QED) is 0.402. The Balaban J connectivity index is 2.43. The highest BCUT2D eigenvalue weighted by Crippen LogP contribution is 2.39. The van der Waals surface area contributed by atoms with Gasteiger partial charge in [0.1, 0.15) is 22.8 Å². The molecule has 0 saturated carbocycles. The number of ether oxygens (including phenoxy) is 1. The number of rotatable bonds is 7. The van der Waals surface area contributed by atoms with Crippen molar-refractivity contribution in [3.05, 3.63) is 71.3 Å². The first-order valence-electron chi connectivity index (χ1n) is 8.07. The first-order chi connectivity index (χ1) is 12.3. The zero-order valence-electron chi connectivity index (χ0n) is 14.8. The molecule has 3 N–H and O–H groups in total. The second-order valence-electron chi connectivity index (χ2n) is 5.97. The summed E-state index contributed by atoms with van der Waals surface area (Å²) in [4.78, 5) is 12.5. The summed E-state index contributed by atoms with van der Waals surface area (Å²) in [6.07, 6.45) is 1.96. The van der Waals surface area contributed by atoms with Crippen LogP contribution in [0.2, 0.25) is 0 Å². The molecule has 0 aliphatic carbocycles.